The second kappa shape index (κ2) is 2.64. The average Bonchev–Trinajstić information content (AvgIpc) is 2.82. The van der Waals surface area contributed by atoms with Crippen LogP contribution in [0, 0.1) is 22.7 Å². The SMILES string of the molecule is NC[C@@]1(CC(=O)O)CC2C=CC3(CC3)C21. The summed E-state index contributed by atoms with van der Waals surface area (Å²) in [5, 5.41) is 8.98. The second-order valence-corrected chi connectivity index (χ2v) is 5.57. The summed E-state index contributed by atoms with van der Waals surface area (Å²) in [5.41, 5.74) is 6.09. The average molecular weight is 207 g/mol. The standard InChI is InChI=1S/C12H17NO2/c13-7-12(6-9(14)15)5-8-1-2-11(3-4-11)10(8)12/h1-2,8,10H,3-7,13H2,(H,14,15)/t8?,10?,12-/m0/s1. The number of rotatable bonds is 3. The van der Waals surface area contributed by atoms with Crippen LogP contribution in [0.2, 0.25) is 0 Å². The largest absolute Gasteiger partial charge is 0.481 e. The number of allylic oxidation sites excluding steroid dienone is 2. The van der Waals surface area contributed by atoms with E-state index >= 15 is 0 Å². The molecule has 0 heterocycles. The molecule has 3 aliphatic carbocycles. The maximum Gasteiger partial charge on any atom is 0.303 e. The molecule has 0 aromatic heterocycles. The molecule has 3 aliphatic rings. The van der Waals surface area contributed by atoms with Gasteiger partial charge in [-0.3, -0.25) is 4.79 Å². The highest BCUT2D eigenvalue weighted by Crippen LogP contribution is 2.72. The Bertz CT molecular complexity index is 346. The van der Waals surface area contributed by atoms with Crippen LogP contribution in [0.5, 0.6) is 0 Å². The van der Waals surface area contributed by atoms with Gasteiger partial charge >= 0.3 is 5.97 Å². The summed E-state index contributed by atoms with van der Waals surface area (Å²) in [6.07, 6.45) is 8.36. The number of carboxylic acids is 1. The number of carboxylic acid groups (broad SMARTS) is 1. The van der Waals surface area contributed by atoms with Crippen molar-refractivity contribution >= 4 is 5.97 Å². The first kappa shape index (κ1) is 9.40. The molecule has 0 aliphatic heterocycles. The Morgan fingerprint density at radius 1 is 1.53 bits per heavy atom. The molecule has 15 heavy (non-hydrogen) atoms. The fraction of sp³-hybridized carbons (Fsp3) is 0.750. The third-order valence-corrected chi connectivity index (χ3v) is 4.76. The molecule has 3 atom stereocenters. The third kappa shape index (κ3) is 1.07. The smallest absolute Gasteiger partial charge is 0.303 e. The van der Waals surface area contributed by atoms with Crippen molar-refractivity contribution in [2.45, 2.75) is 25.7 Å². The van der Waals surface area contributed by atoms with Crippen LogP contribution >= 0.6 is 0 Å². The van der Waals surface area contributed by atoms with E-state index in [1.165, 1.54) is 12.8 Å². The third-order valence-electron chi connectivity index (χ3n) is 4.76. The minimum absolute atomic E-state index is 0.101. The van der Waals surface area contributed by atoms with Crippen LogP contribution in [0.25, 0.3) is 0 Å². The molecule has 2 fully saturated rings. The summed E-state index contributed by atoms with van der Waals surface area (Å²) in [6, 6.07) is 0. The van der Waals surface area contributed by atoms with Gasteiger partial charge in [0.15, 0.2) is 0 Å². The number of hydrogen-bond donors (Lipinski definition) is 2. The van der Waals surface area contributed by atoms with E-state index in [2.05, 4.69) is 12.2 Å². The van der Waals surface area contributed by atoms with E-state index in [0.717, 1.165) is 6.42 Å². The molecule has 3 N–H and O–H groups in total. The molecule has 3 heteroatoms. The summed E-state index contributed by atoms with van der Waals surface area (Å²) < 4.78 is 0. The number of fused-ring (bicyclic) bond motifs is 2. The lowest BCUT2D eigenvalue weighted by molar-refractivity contribution is -0.146. The van der Waals surface area contributed by atoms with Gasteiger partial charge in [-0.1, -0.05) is 12.2 Å². The van der Waals surface area contributed by atoms with Gasteiger partial charge in [0.2, 0.25) is 0 Å². The van der Waals surface area contributed by atoms with Crippen LogP contribution in [0.4, 0.5) is 0 Å². The van der Waals surface area contributed by atoms with Crippen LogP contribution in [0.3, 0.4) is 0 Å². The molecular weight excluding hydrogens is 190 g/mol. The zero-order valence-corrected chi connectivity index (χ0v) is 8.78. The van der Waals surface area contributed by atoms with Crippen LogP contribution in [0.1, 0.15) is 25.7 Å². The minimum Gasteiger partial charge on any atom is -0.481 e. The van der Waals surface area contributed by atoms with E-state index in [9.17, 15) is 4.79 Å². The first-order chi connectivity index (χ1) is 7.12. The van der Waals surface area contributed by atoms with Gasteiger partial charge in [-0.2, -0.15) is 0 Å². The number of aliphatic carboxylic acids is 1. The normalized spacial score (nSPS) is 43.8. The zero-order chi connectivity index (χ0) is 10.7. The van der Waals surface area contributed by atoms with Crippen LogP contribution in [-0.4, -0.2) is 17.6 Å². The molecule has 3 nitrogen and oxygen atoms in total. The van der Waals surface area contributed by atoms with Gasteiger partial charge in [0, 0.05) is 0 Å². The second-order valence-electron chi connectivity index (χ2n) is 5.57. The molecule has 0 aromatic carbocycles. The lowest BCUT2D eigenvalue weighted by Gasteiger charge is -2.54. The topological polar surface area (TPSA) is 63.3 Å². The van der Waals surface area contributed by atoms with E-state index in [0.29, 0.717) is 23.8 Å². The van der Waals surface area contributed by atoms with Crippen molar-refractivity contribution in [2.75, 3.05) is 6.54 Å². The molecule has 0 bridgehead atoms. The first-order valence-electron chi connectivity index (χ1n) is 5.73. The molecule has 2 saturated carbocycles. The van der Waals surface area contributed by atoms with E-state index in [1.807, 2.05) is 0 Å². The highest BCUT2D eigenvalue weighted by atomic mass is 16.4. The maximum atomic E-state index is 10.9. The summed E-state index contributed by atoms with van der Waals surface area (Å²) in [7, 11) is 0. The lowest BCUT2D eigenvalue weighted by Crippen LogP contribution is -2.54. The molecule has 0 aromatic rings. The maximum absolute atomic E-state index is 10.9. The van der Waals surface area contributed by atoms with Gasteiger partial charge in [0.05, 0.1) is 6.42 Å². The molecule has 0 radical (unpaired) electrons. The first-order valence-corrected chi connectivity index (χ1v) is 5.73. The molecular formula is C12H17NO2. The van der Waals surface area contributed by atoms with Crippen molar-refractivity contribution in [1.29, 1.82) is 0 Å². The van der Waals surface area contributed by atoms with Crippen molar-refractivity contribution < 1.29 is 9.90 Å². The van der Waals surface area contributed by atoms with Crippen molar-refractivity contribution in [3.63, 3.8) is 0 Å². The Kier molecular flexibility index (Phi) is 1.66. The Labute approximate surface area is 89.3 Å². The van der Waals surface area contributed by atoms with E-state index < -0.39 is 5.97 Å². The van der Waals surface area contributed by atoms with Crippen molar-refractivity contribution in [3.05, 3.63) is 12.2 Å². The van der Waals surface area contributed by atoms with Gasteiger partial charge in [-0.05, 0) is 48.5 Å². The minimum atomic E-state index is -0.693. The van der Waals surface area contributed by atoms with Gasteiger partial charge < -0.3 is 10.8 Å². The van der Waals surface area contributed by atoms with Gasteiger partial charge in [0.1, 0.15) is 0 Å². The van der Waals surface area contributed by atoms with Crippen molar-refractivity contribution in [3.8, 4) is 0 Å². The van der Waals surface area contributed by atoms with Gasteiger partial charge in [0.25, 0.3) is 0 Å². The molecule has 82 valence electrons. The van der Waals surface area contributed by atoms with E-state index in [-0.39, 0.29) is 11.8 Å². The Hall–Kier alpha value is -0.830. The Morgan fingerprint density at radius 3 is 2.80 bits per heavy atom. The molecule has 1 spiro atoms. The van der Waals surface area contributed by atoms with Crippen molar-refractivity contribution in [1.82, 2.24) is 0 Å². The molecule has 2 unspecified atom stereocenters. The number of carbonyl (C=O) groups is 1. The quantitative estimate of drug-likeness (QED) is 0.687. The lowest BCUT2D eigenvalue weighted by atomic mass is 9.50. The highest BCUT2D eigenvalue weighted by molar-refractivity contribution is 5.68. The fourth-order valence-electron chi connectivity index (χ4n) is 4.03. The summed E-state index contributed by atoms with van der Waals surface area (Å²) in [4.78, 5) is 10.9. The molecule has 0 amide bonds. The Morgan fingerprint density at radius 2 is 2.27 bits per heavy atom. The fourth-order valence-corrected chi connectivity index (χ4v) is 4.03. The van der Waals surface area contributed by atoms with Crippen LogP contribution in [0.15, 0.2) is 12.2 Å². The van der Waals surface area contributed by atoms with Gasteiger partial charge in [-0.15, -0.1) is 0 Å². The van der Waals surface area contributed by atoms with Crippen LogP contribution in [-0.2, 0) is 4.79 Å². The van der Waals surface area contributed by atoms with E-state index in [4.69, 9.17) is 10.8 Å². The zero-order valence-electron chi connectivity index (χ0n) is 8.78. The predicted molar refractivity (Wildman–Crippen MR) is 56.1 cm³/mol. The van der Waals surface area contributed by atoms with Crippen LogP contribution < -0.4 is 5.73 Å². The summed E-state index contributed by atoms with van der Waals surface area (Å²) in [5.74, 6) is 0.461. The van der Waals surface area contributed by atoms with E-state index in [1.54, 1.807) is 0 Å². The molecule has 3 rings (SSSR count). The Balaban J connectivity index is 1.85. The monoisotopic (exact) mass is 207 g/mol. The molecule has 0 saturated heterocycles. The van der Waals surface area contributed by atoms with Gasteiger partial charge in [-0.25, -0.2) is 0 Å². The van der Waals surface area contributed by atoms with Crippen molar-refractivity contribution in [2.24, 2.45) is 28.4 Å². The number of nitrogens with two attached hydrogens (primary N) is 1. The number of hydrogen-bond acceptors (Lipinski definition) is 2. The highest BCUT2D eigenvalue weighted by Gasteiger charge is 2.66. The summed E-state index contributed by atoms with van der Waals surface area (Å²) in [6.45, 7) is 0.532. The summed E-state index contributed by atoms with van der Waals surface area (Å²) >= 11 is 0. The predicted octanol–water partition coefficient (Wildman–Crippen LogP) is 1.39.